The molecule has 2 aliphatic rings. The van der Waals surface area contributed by atoms with Crippen molar-refractivity contribution in [2.45, 2.75) is 12.8 Å². The smallest absolute Gasteiger partial charge is 0.225 e. The van der Waals surface area contributed by atoms with E-state index in [4.69, 9.17) is 11.6 Å². The molecule has 1 N–H and O–H groups in total. The van der Waals surface area contributed by atoms with Crippen molar-refractivity contribution in [3.63, 3.8) is 0 Å². The molecule has 3 heterocycles. The molecule has 2 aliphatic heterocycles. The second-order valence-electron chi connectivity index (χ2n) is 4.80. The van der Waals surface area contributed by atoms with Crippen LogP contribution in [0.2, 0.25) is 5.02 Å². The fraction of sp³-hybridized carbons (Fsp3) is 0.636. The number of nitrogens with zero attached hydrogens (tertiary/aromatic N) is 3. The number of rotatable bonds is 1. The first-order valence-corrected chi connectivity index (χ1v) is 6.09. The van der Waals surface area contributed by atoms with Crippen LogP contribution < -0.4 is 10.2 Å². The molecule has 86 valence electrons. The van der Waals surface area contributed by atoms with Gasteiger partial charge < -0.3 is 10.2 Å². The van der Waals surface area contributed by atoms with Gasteiger partial charge >= 0.3 is 0 Å². The Morgan fingerprint density at radius 1 is 1.31 bits per heavy atom. The van der Waals surface area contributed by atoms with Crippen LogP contribution in [0.15, 0.2) is 12.4 Å². The van der Waals surface area contributed by atoms with Gasteiger partial charge in [0.15, 0.2) is 0 Å². The molecule has 1 aromatic rings. The van der Waals surface area contributed by atoms with Gasteiger partial charge in [0.1, 0.15) is 0 Å². The predicted molar refractivity (Wildman–Crippen MR) is 63.8 cm³/mol. The van der Waals surface area contributed by atoms with Gasteiger partial charge in [-0.15, -0.1) is 0 Å². The monoisotopic (exact) mass is 238 g/mol. The number of nitrogens with one attached hydrogen (secondary N) is 1. The topological polar surface area (TPSA) is 41.1 Å². The highest BCUT2D eigenvalue weighted by atomic mass is 35.5. The molecule has 0 aromatic carbocycles. The third-order valence-electron chi connectivity index (χ3n) is 3.66. The Kier molecular flexibility index (Phi) is 2.48. The molecule has 16 heavy (non-hydrogen) atoms. The number of hydrogen-bond donors (Lipinski definition) is 1. The maximum absolute atomic E-state index is 5.79. The lowest BCUT2D eigenvalue weighted by Crippen LogP contribution is -2.29. The van der Waals surface area contributed by atoms with Crippen LogP contribution in [0.25, 0.3) is 0 Å². The summed E-state index contributed by atoms with van der Waals surface area (Å²) in [4.78, 5) is 10.8. The van der Waals surface area contributed by atoms with Crippen molar-refractivity contribution in [2.75, 3.05) is 31.1 Å². The van der Waals surface area contributed by atoms with Crippen molar-refractivity contribution >= 4 is 17.5 Å². The maximum Gasteiger partial charge on any atom is 0.225 e. The average molecular weight is 239 g/mol. The summed E-state index contributed by atoms with van der Waals surface area (Å²) in [6, 6.07) is 0. The van der Waals surface area contributed by atoms with Crippen molar-refractivity contribution in [3.05, 3.63) is 17.4 Å². The molecule has 0 bridgehead atoms. The quantitative estimate of drug-likeness (QED) is 0.801. The predicted octanol–water partition coefficient (Wildman–Crippen LogP) is 1.32. The Hall–Kier alpha value is -0.870. The van der Waals surface area contributed by atoms with E-state index in [1.807, 2.05) is 0 Å². The Morgan fingerprint density at radius 3 is 2.81 bits per heavy atom. The van der Waals surface area contributed by atoms with Crippen LogP contribution in [0.3, 0.4) is 0 Å². The number of hydrogen-bond acceptors (Lipinski definition) is 4. The third kappa shape index (κ3) is 1.76. The molecule has 3 rings (SSSR count). The molecule has 0 saturated carbocycles. The average Bonchev–Trinajstić information content (AvgIpc) is 2.91. The molecular weight excluding hydrogens is 224 g/mol. The Labute approximate surface area is 100 Å². The Balaban J connectivity index is 1.75. The van der Waals surface area contributed by atoms with Gasteiger partial charge in [-0.05, 0) is 19.4 Å². The van der Waals surface area contributed by atoms with E-state index in [-0.39, 0.29) is 0 Å². The molecule has 1 atom stereocenters. The van der Waals surface area contributed by atoms with Crippen LogP contribution >= 0.6 is 11.6 Å². The zero-order chi connectivity index (χ0) is 11.0. The second-order valence-corrected chi connectivity index (χ2v) is 5.24. The van der Waals surface area contributed by atoms with Crippen LogP contribution in [0.5, 0.6) is 0 Å². The molecule has 0 amide bonds. The van der Waals surface area contributed by atoms with Gasteiger partial charge in [0.2, 0.25) is 5.95 Å². The van der Waals surface area contributed by atoms with E-state index >= 15 is 0 Å². The molecule has 1 spiro atoms. The molecular formula is C11H15ClN4. The van der Waals surface area contributed by atoms with Gasteiger partial charge in [-0.1, -0.05) is 11.6 Å². The molecule has 2 saturated heterocycles. The summed E-state index contributed by atoms with van der Waals surface area (Å²) < 4.78 is 0. The molecule has 2 fully saturated rings. The summed E-state index contributed by atoms with van der Waals surface area (Å²) in [6.45, 7) is 4.41. The summed E-state index contributed by atoms with van der Waals surface area (Å²) in [6.07, 6.45) is 5.85. The summed E-state index contributed by atoms with van der Waals surface area (Å²) in [7, 11) is 0. The fourth-order valence-corrected chi connectivity index (χ4v) is 2.82. The lowest BCUT2D eigenvalue weighted by atomic mass is 9.87. The van der Waals surface area contributed by atoms with Crippen molar-refractivity contribution < 1.29 is 0 Å². The van der Waals surface area contributed by atoms with Crippen LogP contribution in [0.4, 0.5) is 5.95 Å². The van der Waals surface area contributed by atoms with E-state index < -0.39 is 0 Å². The highest BCUT2D eigenvalue weighted by Gasteiger charge is 2.40. The minimum absolute atomic E-state index is 0.461. The lowest BCUT2D eigenvalue weighted by Gasteiger charge is -2.22. The number of aromatic nitrogens is 2. The Bertz CT molecular complexity index is 372. The van der Waals surface area contributed by atoms with Gasteiger partial charge in [-0.25, -0.2) is 9.97 Å². The van der Waals surface area contributed by atoms with E-state index in [0.717, 1.165) is 32.1 Å². The second kappa shape index (κ2) is 3.86. The normalized spacial score (nSPS) is 29.2. The standard InChI is InChI=1S/C11H15ClN4/c12-9-5-14-10(15-6-9)16-4-2-11(8-16)1-3-13-7-11/h5-6,13H,1-4,7-8H2. The summed E-state index contributed by atoms with van der Waals surface area (Å²) in [5.74, 6) is 0.813. The van der Waals surface area contributed by atoms with E-state index in [9.17, 15) is 0 Å². The molecule has 0 radical (unpaired) electrons. The van der Waals surface area contributed by atoms with E-state index in [0.29, 0.717) is 10.4 Å². The minimum atomic E-state index is 0.461. The lowest BCUT2D eigenvalue weighted by molar-refractivity contribution is 0.369. The van der Waals surface area contributed by atoms with E-state index in [2.05, 4.69) is 20.2 Å². The Morgan fingerprint density at radius 2 is 2.12 bits per heavy atom. The fourth-order valence-electron chi connectivity index (χ4n) is 2.72. The van der Waals surface area contributed by atoms with Crippen molar-refractivity contribution in [1.82, 2.24) is 15.3 Å². The van der Waals surface area contributed by atoms with Crippen LogP contribution in [-0.4, -0.2) is 36.1 Å². The first-order chi connectivity index (χ1) is 7.77. The molecule has 5 heteroatoms. The van der Waals surface area contributed by atoms with Gasteiger partial charge in [-0.2, -0.15) is 0 Å². The zero-order valence-corrected chi connectivity index (χ0v) is 9.87. The zero-order valence-electron chi connectivity index (χ0n) is 9.12. The summed E-state index contributed by atoms with van der Waals surface area (Å²) in [5, 5.41) is 4.04. The van der Waals surface area contributed by atoms with Crippen LogP contribution in [0.1, 0.15) is 12.8 Å². The third-order valence-corrected chi connectivity index (χ3v) is 3.86. The summed E-state index contributed by atoms with van der Waals surface area (Å²) >= 11 is 5.79. The first kappa shape index (κ1) is 10.3. The van der Waals surface area contributed by atoms with Gasteiger partial charge in [-0.3, -0.25) is 0 Å². The maximum atomic E-state index is 5.79. The first-order valence-electron chi connectivity index (χ1n) is 5.71. The van der Waals surface area contributed by atoms with Gasteiger partial charge in [0.05, 0.1) is 17.4 Å². The molecule has 1 aromatic heterocycles. The highest BCUT2D eigenvalue weighted by molar-refractivity contribution is 6.30. The molecule has 4 nitrogen and oxygen atoms in total. The largest absolute Gasteiger partial charge is 0.340 e. The van der Waals surface area contributed by atoms with Crippen molar-refractivity contribution in [2.24, 2.45) is 5.41 Å². The van der Waals surface area contributed by atoms with Crippen LogP contribution in [-0.2, 0) is 0 Å². The van der Waals surface area contributed by atoms with E-state index in [1.54, 1.807) is 12.4 Å². The number of anilines is 1. The molecule has 0 aliphatic carbocycles. The summed E-state index contributed by atoms with van der Waals surface area (Å²) in [5.41, 5.74) is 0.461. The van der Waals surface area contributed by atoms with Crippen LogP contribution in [0, 0.1) is 5.41 Å². The minimum Gasteiger partial charge on any atom is -0.340 e. The number of halogens is 1. The SMILES string of the molecule is Clc1cnc(N2CCC3(CCNC3)C2)nc1. The van der Waals surface area contributed by atoms with Crippen molar-refractivity contribution in [3.8, 4) is 0 Å². The van der Waals surface area contributed by atoms with Gasteiger partial charge in [0.25, 0.3) is 0 Å². The molecule has 1 unspecified atom stereocenters. The van der Waals surface area contributed by atoms with Crippen molar-refractivity contribution in [1.29, 1.82) is 0 Å². The highest BCUT2D eigenvalue weighted by Crippen LogP contribution is 2.37. The van der Waals surface area contributed by atoms with Gasteiger partial charge in [0, 0.05) is 25.0 Å². The van der Waals surface area contributed by atoms with E-state index in [1.165, 1.54) is 12.8 Å².